The third-order valence-corrected chi connectivity index (χ3v) is 5.87. The van der Waals surface area contributed by atoms with Crippen LogP contribution in [0.2, 0.25) is 0 Å². The maximum absolute atomic E-state index is 14.7. The van der Waals surface area contributed by atoms with E-state index < -0.39 is 34.3 Å². The van der Waals surface area contributed by atoms with E-state index in [0.29, 0.717) is 12.8 Å². The number of alkyl halides is 1. The van der Waals surface area contributed by atoms with Crippen LogP contribution in [0.15, 0.2) is 35.2 Å². The lowest BCUT2D eigenvalue weighted by Gasteiger charge is -2.29. The number of hydrogen-bond donors (Lipinski definition) is 2. The summed E-state index contributed by atoms with van der Waals surface area (Å²) in [6, 6.07) is 6.97. The fraction of sp³-hybridized carbons (Fsp3) is 0.667. The average molecular weight is 360 g/mol. The molecule has 0 radical (unpaired) electrons. The van der Waals surface area contributed by atoms with Crippen LogP contribution in [-0.2, 0) is 10.0 Å². The summed E-state index contributed by atoms with van der Waals surface area (Å²) in [5.41, 5.74) is 0. The molecular weight excluding hydrogens is 329 g/mol. The summed E-state index contributed by atoms with van der Waals surface area (Å²) in [5, 5.41) is 9.82. The van der Waals surface area contributed by atoms with Gasteiger partial charge in [-0.15, -0.1) is 0 Å². The topological polar surface area (TPSA) is 66.4 Å². The van der Waals surface area contributed by atoms with Gasteiger partial charge >= 0.3 is 0 Å². The second kappa shape index (κ2) is 10.1. The van der Waals surface area contributed by atoms with Gasteiger partial charge in [-0.2, -0.15) is 0 Å². The standard InChI is InChI=1S/C18H30FNO3S/c1-4-5-6-10-13-17(19)18(14(2)15(3)21)20-24(22,23)16-11-8-7-9-12-16/h7-9,11-12,14-15,17-18,20-21H,4-6,10,13H2,1-3H3/t14-,15+,17?,18?/m1/s1. The van der Waals surface area contributed by atoms with Gasteiger partial charge in [-0.05, 0) is 25.5 Å². The third-order valence-electron chi connectivity index (χ3n) is 4.40. The molecule has 0 saturated carbocycles. The van der Waals surface area contributed by atoms with Gasteiger partial charge in [0.15, 0.2) is 0 Å². The SMILES string of the molecule is CCCCCCC(F)C(NS(=O)(=O)c1ccccc1)[C@H](C)[C@H](C)O. The number of sulfonamides is 1. The van der Waals surface area contributed by atoms with Gasteiger partial charge in [-0.25, -0.2) is 17.5 Å². The van der Waals surface area contributed by atoms with Gasteiger partial charge in [0.1, 0.15) is 6.17 Å². The highest BCUT2D eigenvalue weighted by molar-refractivity contribution is 7.89. The Morgan fingerprint density at radius 2 is 1.75 bits per heavy atom. The van der Waals surface area contributed by atoms with E-state index in [1.54, 1.807) is 32.0 Å². The molecular formula is C18H30FNO3S. The van der Waals surface area contributed by atoms with Crippen LogP contribution in [0.3, 0.4) is 0 Å². The Bertz CT molecular complexity index is 563. The molecule has 138 valence electrons. The van der Waals surface area contributed by atoms with Crippen LogP contribution in [0, 0.1) is 5.92 Å². The van der Waals surface area contributed by atoms with Crippen molar-refractivity contribution in [3.8, 4) is 0 Å². The Labute approximate surface area is 145 Å². The minimum Gasteiger partial charge on any atom is -0.393 e. The number of rotatable bonds is 11. The Hall–Kier alpha value is -0.980. The molecule has 4 atom stereocenters. The zero-order valence-corrected chi connectivity index (χ0v) is 15.6. The van der Waals surface area contributed by atoms with Crippen LogP contribution in [0.25, 0.3) is 0 Å². The highest BCUT2D eigenvalue weighted by Gasteiger charge is 2.33. The summed E-state index contributed by atoms with van der Waals surface area (Å²) >= 11 is 0. The van der Waals surface area contributed by atoms with E-state index in [9.17, 15) is 17.9 Å². The van der Waals surface area contributed by atoms with Crippen molar-refractivity contribution in [1.29, 1.82) is 0 Å². The number of halogens is 1. The summed E-state index contributed by atoms with van der Waals surface area (Å²) in [5.74, 6) is -0.523. The second-order valence-corrected chi connectivity index (χ2v) is 8.14. The lowest BCUT2D eigenvalue weighted by Crippen LogP contribution is -2.48. The van der Waals surface area contributed by atoms with Crippen molar-refractivity contribution in [2.75, 3.05) is 0 Å². The fourth-order valence-electron chi connectivity index (χ4n) is 2.60. The van der Waals surface area contributed by atoms with E-state index in [0.717, 1.165) is 19.3 Å². The lowest BCUT2D eigenvalue weighted by atomic mass is 9.91. The number of benzene rings is 1. The molecule has 1 rings (SSSR count). The minimum atomic E-state index is -3.82. The average Bonchev–Trinajstić information content (AvgIpc) is 2.56. The van der Waals surface area contributed by atoms with Gasteiger partial charge in [0, 0.05) is 5.92 Å². The quantitative estimate of drug-likeness (QED) is 0.593. The molecule has 4 nitrogen and oxygen atoms in total. The van der Waals surface area contributed by atoms with Crippen LogP contribution >= 0.6 is 0 Å². The lowest BCUT2D eigenvalue weighted by molar-refractivity contribution is 0.0848. The van der Waals surface area contributed by atoms with Gasteiger partial charge in [-0.3, -0.25) is 0 Å². The molecule has 6 heteroatoms. The molecule has 1 aromatic rings. The first kappa shape index (κ1) is 21.1. The molecule has 0 heterocycles. The molecule has 0 aliphatic heterocycles. The van der Waals surface area contributed by atoms with Gasteiger partial charge in [0.2, 0.25) is 10.0 Å². The largest absolute Gasteiger partial charge is 0.393 e. The third kappa shape index (κ3) is 6.49. The molecule has 0 amide bonds. The highest BCUT2D eigenvalue weighted by atomic mass is 32.2. The maximum atomic E-state index is 14.7. The van der Waals surface area contributed by atoms with Crippen LogP contribution in [0.5, 0.6) is 0 Å². The zero-order chi connectivity index (χ0) is 18.2. The summed E-state index contributed by atoms with van der Waals surface area (Å²) in [6.45, 7) is 5.30. The molecule has 0 aromatic heterocycles. The molecule has 0 fully saturated rings. The maximum Gasteiger partial charge on any atom is 0.240 e. The van der Waals surface area contributed by atoms with Crippen molar-refractivity contribution in [3.05, 3.63) is 30.3 Å². The molecule has 0 saturated heterocycles. The Morgan fingerprint density at radius 1 is 1.12 bits per heavy atom. The summed E-state index contributed by atoms with van der Waals surface area (Å²) < 4.78 is 42.2. The number of unbranched alkanes of at least 4 members (excludes halogenated alkanes) is 3. The van der Waals surface area contributed by atoms with Crippen molar-refractivity contribution >= 4 is 10.0 Å². The molecule has 2 unspecified atom stereocenters. The number of hydrogen-bond acceptors (Lipinski definition) is 3. The molecule has 0 aliphatic carbocycles. The Kier molecular flexibility index (Phi) is 8.87. The minimum absolute atomic E-state index is 0.103. The van der Waals surface area contributed by atoms with Crippen LogP contribution in [0.4, 0.5) is 4.39 Å². The van der Waals surface area contributed by atoms with Crippen molar-refractivity contribution < 1.29 is 17.9 Å². The van der Waals surface area contributed by atoms with Gasteiger partial charge in [-0.1, -0.05) is 57.7 Å². The Balaban J connectivity index is 2.86. The molecule has 2 N–H and O–H groups in total. The Morgan fingerprint density at radius 3 is 2.29 bits per heavy atom. The second-order valence-electron chi connectivity index (χ2n) is 6.43. The fourth-order valence-corrected chi connectivity index (χ4v) is 3.98. The van der Waals surface area contributed by atoms with E-state index >= 15 is 0 Å². The van der Waals surface area contributed by atoms with E-state index in [2.05, 4.69) is 11.6 Å². The van der Waals surface area contributed by atoms with Gasteiger partial charge in [0.05, 0.1) is 17.0 Å². The van der Waals surface area contributed by atoms with Crippen LogP contribution in [0.1, 0.15) is 52.9 Å². The van der Waals surface area contributed by atoms with E-state index in [-0.39, 0.29) is 4.90 Å². The zero-order valence-electron chi connectivity index (χ0n) is 14.8. The van der Waals surface area contributed by atoms with Crippen LogP contribution in [-0.4, -0.2) is 31.8 Å². The number of nitrogens with one attached hydrogen (secondary N) is 1. The van der Waals surface area contributed by atoms with Crippen molar-refractivity contribution in [2.45, 2.75) is 76.1 Å². The smallest absolute Gasteiger partial charge is 0.240 e. The normalized spacial score (nSPS) is 17.2. The van der Waals surface area contributed by atoms with E-state index in [1.807, 2.05) is 0 Å². The molecule has 0 aliphatic rings. The van der Waals surface area contributed by atoms with Crippen molar-refractivity contribution in [2.24, 2.45) is 5.92 Å². The number of aliphatic hydroxyl groups excluding tert-OH is 1. The number of aliphatic hydroxyl groups is 1. The van der Waals surface area contributed by atoms with Gasteiger partial charge in [0.25, 0.3) is 0 Å². The highest BCUT2D eigenvalue weighted by Crippen LogP contribution is 2.22. The predicted octanol–water partition coefficient (Wildman–Crippen LogP) is 3.66. The molecule has 24 heavy (non-hydrogen) atoms. The summed E-state index contributed by atoms with van der Waals surface area (Å²) in [7, 11) is -3.82. The predicted molar refractivity (Wildman–Crippen MR) is 95.1 cm³/mol. The first-order valence-electron chi connectivity index (χ1n) is 8.69. The van der Waals surface area contributed by atoms with E-state index in [1.165, 1.54) is 12.1 Å². The van der Waals surface area contributed by atoms with Gasteiger partial charge < -0.3 is 5.11 Å². The van der Waals surface area contributed by atoms with Crippen LogP contribution < -0.4 is 4.72 Å². The first-order valence-corrected chi connectivity index (χ1v) is 10.2. The molecule has 0 bridgehead atoms. The summed E-state index contributed by atoms with van der Waals surface area (Å²) in [4.78, 5) is 0.103. The van der Waals surface area contributed by atoms with Crippen molar-refractivity contribution in [1.82, 2.24) is 4.72 Å². The van der Waals surface area contributed by atoms with E-state index in [4.69, 9.17) is 0 Å². The summed E-state index contributed by atoms with van der Waals surface area (Å²) in [6.07, 6.45) is 1.90. The molecule has 1 aromatic carbocycles. The molecule has 0 spiro atoms. The monoisotopic (exact) mass is 359 g/mol. The first-order chi connectivity index (χ1) is 11.3. The van der Waals surface area contributed by atoms with Crippen molar-refractivity contribution in [3.63, 3.8) is 0 Å².